The van der Waals surface area contributed by atoms with Crippen molar-refractivity contribution in [1.29, 1.82) is 0 Å². The summed E-state index contributed by atoms with van der Waals surface area (Å²) in [6.45, 7) is 1.16. The van der Waals surface area contributed by atoms with Crippen LogP contribution in [0.15, 0.2) is 48.5 Å². The minimum atomic E-state index is -0.615. The number of benzene rings is 2. The molecule has 2 aromatic rings. The van der Waals surface area contributed by atoms with Gasteiger partial charge in [0.15, 0.2) is 0 Å². The molecule has 0 saturated carbocycles. The number of nitrogens with zero attached hydrogens (tertiary/aromatic N) is 1. The highest BCUT2D eigenvalue weighted by molar-refractivity contribution is 5.95. The number of hydrogen-bond donors (Lipinski definition) is 3. The van der Waals surface area contributed by atoms with E-state index >= 15 is 0 Å². The van der Waals surface area contributed by atoms with E-state index in [0.717, 1.165) is 29.8 Å². The van der Waals surface area contributed by atoms with Crippen molar-refractivity contribution in [3.8, 4) is 0 Å². The van der Waals surface area contributed by atoms with Crippen LogP contribution < -0.4 is 21.3 Å². The molecule has 1 aliphatic rings. The molecule has 0 bridgehead atoms. The molecule has 0 atom stereocenters. The first kappa shape index (κ1) is 18.4. The summed E-state index contributed by atoms with van der Waals surface area (Å²) in [5.74, 6) is 0.0666. The summed E-state index contributed by atoms with van der Waals surface area (Å²) < 4.78 is 0. The molecule has 2 aromatic carbocycles. The molecule has 140 valence electrons. The average Bonchev–Trinajstić information content (AvgIpc) is 3.07. The fourth-order valence-electron chi connectivity index (χ4n) is 3.01. The molecule has 7 nitrogen and oxygen atoms in total. The SMILES string of the molecule is NC(=O)Nc1ccc(CNC(=O)Cc2ccc(N3CCCC3=O)cc2)cc1. The highest BCUT2D eigenvalue weighted by atomic mass is 16.2. The second kappa shape index (κ2) is 8.35. The van der Waals surface area contributed by atoms with Gasteiger partial charge in [0.1, 0.15) is 0 Å². The molecular weight excluding hydrogens is 344 g/mol. The Morgan fingerprint density at radius 2 is 1.67 bits per heavy atom. The van der Waals surface area contributed by atoms with Crippen LogP contribution in [0.1, 0.15) is 24.0 Å². The number of anilines is 2. The van der Waals surface area contributed by atoms with E-state index in [1.165, 1.54) is 0 Å². The van der Waals surface area contributed by atoms with Crippen LogP contribution in [0.3, 0.4) is 0 Å². The number of urea groups is 1. The van der Waals surface area contributed by atoms with Crippen molar-refractivity contribution in [3.05, 3.63) is 59.7 Å². The number of carbonyl (C=O) groups is 3. The first-order chi connectivity index (χ1) is 13.0. The van der Waals surface area contributed by atoms with Gasteiger partial charge in [-0.15, -0.1) is 0 Å². The maximum Gasteiger partial charge on any atom is 0.316 e. The topological polar surface area (TPSA) is 105 Å². The quantitative estimate of drug-likeness (QED) is 0.729. The van der Waals surface area contributed by atoms with Crippen molar-refractivity contribution in [1.82, 2.24) is 5.32 Å². The van der Waals surface area contributed by atoms with Crippen LogP contribution in [-0.2, 0) is 22.6 Å². The Morgan fingerprint density at radius 3 is 2.26 bits per heavy atom. The lowest BCUT2D eigenvalue weighted by molar-refractivity contribution is -0.120. The number of hydrogen-bond acceptors (Lipinski definition) is 3. The predicted molar refractivity (Wildman–Crippen MR) is 103 cm³/mol. The van der Waals surface area contributed by atoms with Gasteiger partial charge < -0.3 is 21.3 Å². The smallest absolute Gasteiger partial charge is 0.316 e. The van der Waals surface area contributed by atoms with E-state index in [1.54, 1.807) is 17.0 Å². The molecule has 3 rings (SSSR count). The highest BCUT2D eigenvalue weighted by Gasteiger charge is 2.21. The van der Waals surface area contributed by atoms with Crippen LogP contribution in [0.2, 0.25) is 0 Å². The minimum absolute atomic E-state index is 0.0839. The van der Waals surface area contributed by atoms with E-state index < -0.39 is 6.03 Å². The molecule has 0 spiro atoms. The summed E-state index contributed by atoms with van der Waals surface area (Å²) in [5.41, 5.74) is 8.36. The van der Waals surface area contributed by atoms with Crippen LogP contribution in [0.5, 0.6) is 0 Å². The third kappa shape index (κ3) is 5.07. The van der Waals surface area contributed by atoms with Gasteiger partial charge in [-0.2, -0.15) is 0 Å². The monoisotopic (exact) mass is 366 g/mol. The van der Waals surface area contributed by atoms with E-state index in [9.17, 15) is 14.4 Å². The van der Waals surface area contributed by atoms with Crippen LogP contribution in [0.25, 0.3) is 0 Å². The standard InChI is InChI=1S/C20H22N4O3/c21-20(27)23-16-7-3-15(4-8-16)13-22-18(25)12-14-5-9-17(10-6-14)24-11-1-2-19(24)26/h3-10H,1-2,11-13H2,(H,22,25)(H3,21,23,27). The number of nitrogens with one attached hydrogen (secondary N) is 2. The maximum atomic E-state index is 12.1. The molecule has 1 aliphatic heterocycles. The van der Waals surface area contributed by atoms with E-state index in [0.29, 0.717) is 18.7 Å². The van der Waals surface area contributed by atoms with Gasteiger partial charge in [-0.3, -0.25) is 9.59 Å². The van der Waals surface area contributed by atoms with Gasteiger partial charge in [0.05, 0.1) is 6.42 Å². The molecule has 4 amide bonds. The third-order valence-corrected chi connectivity index (χ3v) is 4.40. The fourth-order valence-corrected chi connectivity index (χ4v) is 3.01. The Morgan fingerprint density at radius 1 is 1.00 bits per heavy atom. The van der Waals surface area contributed by atoms with Crippen molar-refractivity contribution in [3.63, 3.8) is 0 Å². The molecule has 0 aromatic heterocycles. The zero-order valence-electron chi connectivity index (χ0n) is 14.9. The Kier molecular flexibility index (Phi) is 5.71. The van der Waals surface area contributed by atoms with E-state index in [-0.39, 0.29) is 18.2 Å². The van der Waals surface area contributed by atoms with Crippen molar-refractivity contribution >= 4 is 29.2 Å². The summed E-state index contributed by atoms with van der Waals surface area (Å²) in [4.78, 5) is 36.5. The number of nitrogens with two attached hydrogens (primary N) is 1. The summed E-state index contributed by atoms with van der Waals surface area (Å²) in [5, 5.41) is 5.35. The van der Waals surface area contributed by atoms with Crippen LogP contribution in [-0.4, -0.2) is 24.4 Å². The average molecular weight is 366 g/mol. The predicted octanol–water partition coefficient (Wildman–Crippen LogP) is 2.16. The van der Waals surface area contributed by atoms with E-state index in [4.69, 9.17) is 5.73 Å². The largest absolute Gasteiger partial charge is 0.352 e. The summed E-state index contributed by atoms with van der Waals surface area (Å²) in [6, 6.07) is 14.0. The Bertz CT molecular complexity index is 831. The van der Waals surface area contributed by atoms with Gasteiger partial charge in [0.2, 0.25) is 11.8 Å². The first-order valence-corrected chi connectivity index (χ1v) is 8.82. The first-order valence-electron chi connectivity index (χ1n) is 8.82. The lowest BCUT2D eigenvalue weighted by Crippen LogP contribution is -2.25. The Balaban J connectivity index is 1.49. The summed E-state index contributed by atoms with van der Waals surface area (Å²) in [7, 11) is 0. The van der Waals surface area contributed by atoms with Gasteiger partial charge in [-0.1, -0.05) is 24.3 Å². The van der Waals surface area contributed by atoms with Gasteiger partial charge in [-0.05, 0) is 41.8 Å². The molecule has 4 N–H and O–H groups in total. The molecule has 1 heterocycles. The molecule has 1 saturated heterocycles. The second-order valence-corrected chi connectivity index (χ2v) is 6.46. The van der Waals surface area contributed by atoms with Crippen LogP contribution in [0.4, 0.5) is 16.2 Å². The van der Waals surface area contributed by atoms with Crippen molar-refractivity contribution in [2.45, 2.75) is 25.8 Å². The number of rotatable bonds is 6. The lowest BCUT2D eigenvalue weighted by Gasteiger charge is -2.15. The Hall–Kier alpha value is -3.35. The van der Waals surface area contributed by atoms with Gasteiger partial charge >= 0.3 is 6.03 Å². The van der Waals surface area contributed by atoms with Crippen molar-refractivity contribution < 1.29 is 14.4 Å². The van der Waals surface area contributed by atoms with Crippen molar-refractivity contribution in [2.24, 2.45) is 5.73 Å². The van der Waals surface area contributed by atoms with Gasteiger partial charge in [0.25, 0.3) is 0 Å². The number of primary amides is 1. The maximum absolute atomic E-state index is 12.1. The van der Waals surface area contributed by atoms with E-state index in [1.807, 2.05) is 36.4 Å². The third-order valence-electron chi connectivity index (χ3n) is 4.40. The fraction of sp³-hybridized carbons (Fsp3) is 0.250. The van der Waals surface area contributed by atoms with Crippen LogP contribution >= 0.6 is 0 Å². The molecule has 0 aliphatic carbocycles. The Labute approximate surface area is 157 Å². The van der Waals surface area contributed by atoms with Crippen molar-refractivity contribution in [2.75, 3.05) is 16.8 Å². The molecule has 7 heteroatoms. The molecule has 27 heavy (non-hydrogen) atoms. The van der Waals surface area contributed by atoms with Crippen LogP contribution in [0, 0.1) is 0 Å². The van der Waals surface area contributed by atoms with Gasteiger partial charge in [0, 0.05) is 30.9 Å². The molecular formula is C20H22N4O3. The summed E-state index contributed by atoms with van der Waals surface area (Å²) in [6.07, 6.45) is 1.77. The highest BCUT2D eigenvalue weighted by Crippen LogP contribution is 2.21. The zero-order valence-corrected chi connectivity index (χ0v) is 14.9. The minimum Gasteiger partial charge on any atom is -0.352 e. The second-order valence-electron chi connectivity index (χ2n) is 6.46. The molecule has 1 fully saturated rings. The lowest BCUT2D eigenvalue weighted by atomic mass is 10.1. The normalized spacial score (nSPS) is 13.5. The number of amides is 4. The summed E-state index contributed by atoms with van der Waals surface area (Å²) >= 11 is 0. The number of carbonyl (C=O) groups excluding carboxylic acids is 3. The zero-order chi connectivity index (χ0) is 19.2. The van der Waals surface area contributed by atoms with E-state index in [2.05, 4.69) is 10.6 Å². The van der Waals surface area contributed by atoms with Gasteiger partial charge in [-0.25, -0.2) is 4.79 Å². The molecule has 0 unspecified atom stereocenters. The molecule has 0 radical (unpaired) electrons.